The summed E-state index contributed by atoms with van der Waals surface area (Å²) in [4.78, 5) is -0.220. The molecule has 0 amide bonds. The zero-order chi connectivity index (χ0) is 14.0. The van der Waals surface area contributed by atoms with E-state index in [0.717, 1.165) is 0 Å². The third-order valence-electron chi connectivity index (χ3n) is 1.93. The molecule has 0 fully saturated rings. The number of halogens is 4. The monoisotopic (exact) mass is 347 g/mol. The molecule has 4 nitrogen and oxygen atoms in total. The van der Waals surface area contributed by atoms with Gasteiger partial charge in [-0.05, 0) is 18.2 Å². The highest BCUT2D eigenvalue weighted by molar-refractivity contribution is 9.10. The maximum absolute atomic E-state index is 11.7. The Morgan fingerprint density at radius 1 is 1.33 bits per heavy atom. The van der Waals surface area contributed by atoms with Gasteiger partial charge in [0.2, 0.25) is 0 Å². The van der Waals surface area contributed by atoms with Gasteiger partial charge in [-0.3, -0.25) is 4.74 Å². The van der Waals surface area contributed by atoms with Gasteiger partial charge < -0.3 is 5.73 Å². The van der Waals surface area contributed by atoms with Crippen LogP contribution in [0.3, 0.4) is 0 Å². The first-order valence-corrected chi connectivity index (χ1v) is 7.05. The van der Waals surface area contributed by atoms with Crippen LogP contribution in [-0.2, 0) is 14.6 Å². The summed E-state index contributed by atoms with van der Waals surface area (Å²) in [5.41, 5.74) is 5.45. The van der Waals surface area contributed by atoms with E-state index < -0.39 is 28.6 Å². The molecule has 1 aromatic rings. The third-order valence-corrected chi connectivity index (χ3v) is 4.15. The lowest BCUT2D eigenvalue weighted by Crippen LogP contribution is -2.20. The van der Waals surface area contributed by atoms with Crippen molar-refractivity contribution in [1.29, 1.82) is 0 Å². The van der Waals surface area contributed by atoms with Crippen LogP contribution in [0, 0.1) is 0 Å². The van der Waals surface area contributed by atoms with Gasteiger partial charge in [0.1, 0.15) is 0 Å². The number of nitrogens with two attached hydrogens (primary N) is 1. The number of ether oxygens (including phenoxy) is 1. The van der Waals surface area contributed by atoms with Crippen LogP contribution in [0.25, 0.3) is 0 Å². The Balaban J connectivity index is 2.84. The van der Waals surface area contributed by atoms with Gasteiger partial charge in [-0.25, -0.2) is 8.42 Å². The van der Waals surface area contributed by atoms with Gasteiger partial charge >= 0.3 is 6.36 Å². The number of alkyl halides is 3. The van der Waals surface area contributed by atoms with Gasteiger partial charge in [-0.15, -0.1) is 13.2 Å². The van der Waals surface area contributed by atoms with E-state index in [0.29, 0.717) is 4.47 Å². The Bertz CT molecular complexity index is 530. The minimum atomic E-state index is -4.85. The van der Waals surface area contributed by atoms with Gasteiger partial charge in [-0.1, -0.05) is 15.9 Å². The predicted molar refractivity (Wildman–Crippen MR) is 62.6 cm³/mol. The van der Waals surface area contributed by atoms with Crippen molar-refractivity contribution in [3.8, 4) is 0 Å². The van der Waals surface area contributed by atoms with Crippen molar-refractivity contribution in [2.45, 2.75) is 11.3 Å². The number of hydrogen-bond donors (Lipinski definition) is 1. The summed E-state index contributed by atoms with van der Waals surface area (Å²) in [5, 5.41) is 0. The molecule has 2 N–H and O–H groups in total. The van der Waals surface area contributed by atoms with Crippen LogP contribution in [0.1, 0.15) is 0 Å². The van der Waals surface area contributed by atoms with Crippen molar-refractivity contribution in [3.63, 3.8) is 0 Å². The Morgan fingerprint density at radius 3 is 2.50 bits per heavy atom. The Hall–Kier alpha value is -0.800. The first-order chi connectivity index (χ1) is 8.12. The van der Waals surface area contributed by atoms with E-state index in [1.165, 1.54) is 18.2 Å². The molecule has 0 aliphatic carbocycles. The summed E-state index contributed by atoms with van der Waals surface area (Å²) in [6.45, 7) is -0.974. The van der Waals surface area contributed by atoms with Crippen LogP contribution in [0.15, 0.2) is 27.6 Å². The lowest BCUT2D eigenvalue weighted by molar-refractivity contribution is -0.322. The van der Waals surface area contributed by atoms with E-state index in [2.05, 4.69) is 20.7 Å². The fourth-order valence-corrected chi connectivity index (χ4v) is 2.92. The number of hydrogen-bond acceptors (Lipinski definition) is 4. The molecule has 0 radical (unpaired) electrons. The van der Waals surface area contributed by atoms with Crippen LogP contribution >= 0.6 is 15.9 Å². The number of benzene rings is 1. The summed E-state index contributed by atoms with van der Waals surface area (Å²) < 4.78 is 62.6. The van der Waals surface area contributed by atoms with Crippen LogP contribution < -0.4 is 5.73 Å². The molecular weight excluding hydrogens is 339 g/mol. The average Bonchev–Trinajstić information content (AvgIpc) is 2.19. The van der Waals surface area contributed by atoms with Gasteiger partial charge in [0.05, 0.1) is 22.9 Å². The minimum Gasteiger partial charge on any atom is -0.398 e. The normalized spacial score (nSPS) is 12.7. The lowest BCUT2D eigenvalue weighted by atomic mass is 10.3. The largest absolute Gasteiger partial charge is 0.522 e. The van der Waals surface area contributed by atoms with Gasteiger partial charge in [-0.2, -0.15) is 0 Å². The fraction of sp³-hybridized carbons (Fsp3) is 0.333. The van der Waals surface area contributed by atoms with E-state index in [-0.39, 0.29) is 10.6 Å². The summed E-state index contributed by atoms with van der Waals surface area (Å²) in [6, 6.07) is 4.11. The highest BCUT2D eigenvalue weighted by Gasteiger charge is 2.30. The zero-order valence-corrected chi connectivity index (χ0v) is 11.3. The van der Waals surface area contributed by atoms with Crippen molar-refractivity contribution in [2.24, 2.45) is 0 Å². The SMILES string of the molecule is Nc1ccc(Br)cc1S(=O)(=O)CCOC(F)(F)F. The molecule has 1 rings (SSSR count). The quantitative estimate of drug-likeness (QED) is 0.848. The zero-order valence-electron chi connectivity index (χ0n) is 8.87. The summed E-state index contributed by atoms with van der Waals surface area (Å²) in [5.74, 6) is -0.798. The van der Waals surface area contributed by atoms with E-state index >= 15 is 0 Å². The summed E-state index contributed by atoms with van der Waals surface area (Å²) in [7, 11) is -3.92. The van der Waals surface area contributed by atoms with Crippen molar-refractivity contribution in [3.05, 3.63) is 22.7 Å². The predicted octanol–water partition coefficient (Wildman–Crippen LogP) is 2.34. The Morgan fingerprint density at radius 2 is 1.94 bits per heavy atom. The average molecular weight is 348 g/mol. The first-order valence-electron chi connectivity index (χ1n) is 4.60. The maximum atomic E-state index is 11.7. The minimum absolute atomic E-state index is 0.0230. The second kappa shape index (κ2) is 5.45. The molecular formula is C9H9BrF3NO3S. The number of anilines is 1. The number of rotatable bonds is 4. The van der Waals surface area contributed by atoms with Crippen molar-refractivity contribution >= 4 is 31.5 Å². The molecule has 0 spiro atoms. The standard InChI is InChI=1S/C9H9BrF3NO3S/c10-6-1-2-7(14)8(5-6)18(15,16)4-3-17-9(11,12)13/h1-2,5H,3-4,14H2. The molecule has 0 unspecified atom stereocenters. The molecule has 0 bridgehead atoms. The topological polar surface area (TPSA) is 69.4 Å². The smallest absolute Gasteiger partial charge is 0.398 e. The van der Waals surface area contributed by atoms with Gasteiger partial charge in [0.15, 0.2) is 9.84 Å². The molecule has 0 atom stereocenters. The highest BCUT2D eigenvalue weighted by Crippen LogP contribution is 2.24. The third kappa shape index (κ3) is 4.46. The second-order valence-electron chi connectivity index (χ2n) is 3.30. The first kappa shape index (κ1) is 15.3. The van der Waals surface area contributed by atoms with Crippen molar-refractivity contribution in [1.82, 2.24) is 0 Å². The number of nitrogen functional groups attached to an aromatic ring is 1. The second-order valence-corrected chi connectivity index (χ2v) is 6.29. The molecule has 0 saturated carbocycles. The molecule has 0 heterocycles. The van der Waals surface area contributed by atoms with E-state index in [1.807, 2.05) is 0 Å². The van der Waals surface area contributed by atoms with Crippen molar-refractivity contribution < 1.29 is 26.3 Å². The molecule has 0 aromatic heterocycles. The van der Waals surface area contributed by atoms with E-state index in [1.54, 1.807) is 0 Å². The summed E-state index contributed by atoms with van der Waals surface area (Å²) in [6.07, 6.45) is -4.85. The molecule has 1 aromatic carbocycles. The van der Waals surface area contributed by atoms with E-state index in [9.17, 15) is 21.6 Å². The molecule has 0 aliphatic heterocycles. The molecule has 0 saturated heterocycles. The van der Waals surface area contributed by atoms with Gasteiger partial charge in [0, 0.05) is 4.47 Å². The Kier molecular flexibility index (Phi) is 4.62. The summed E-state index contributed by atoms with van der Waals surface area (Å²) >= 11 is 3.06. The van der Waals surface area contributed by atoms with Crippen LogP contribution in [0.2, 0.25) is 0 Å². The highest BCUT2D eigenvalue weighted by atomic mass is 79.9. The Labute approximate surface area is 110 Å². The molecule has 18 heavy (non-hydrogen) atoms. The van der Waals surface area contributed by atoms with Crippen LogP contribution in [0.4, 0.5) is 18.9 Å². The molecule has 102 valence electrons. The van der Waals surface area contributed by atoms with E-state index in [4.69, 9.17) is 5.73 Å². The molecule has 0 aliphatic rings. The maximum Gasteiger partial charge on any atom is 0.522 e. The number of sulfone groups is 1. The molecule has 9 heteroatoms. The lowest BCUT2D eigenvalue weighted by Gasteiger charge is -2.09. The van der Waals surface area contributed by atoms with Crippen LogP contribution in [0.5, 0.6) is 0 Å². The van der Waals surface area contributed by atoms with Gasteiger partial charge in [0.25, 0.3) is 0 Å². The van der Waals surface area contributed by atoms with Crippen molar-refractivity contribution in [2.75, 3.05) is 18.1 Å². The van der Waals surface area contributed by atoms with Crippen LogP contribution in [-0.4, -0.2) is 27.1 Å². The fourth-order valence-electron chi connectivity index (χ4n) is 1.15.